The van der Waals surface area contributed by atoms with Crippen LogP contribution in [0.25, 0.3) is 22.9 Å². The Morgan fingerprint density at radius 3 is 2.43 bits per heavy atom. The van der Waals surface area contributed by atoms with Crippen molar-refractivity contribution >= 4 is 23.2 Å². The SMILES string of the molecule is Cc1c(NC(=O)c2ccc(C(C)(C)O)cc2F)cc(F)cc1-c1ncnc2c1C=C(c1ccc(CN3CCC4(CCNCC4)CC3)cc1)C2. The number of aliphatic hydroxyl groups is 1. The molecule has 49 heavy (non-hydrogen) atoms. The molecule has 7 nitrogen and oxygen atoms in total. The highest BCUT2D eigenvalue weighted by atomic mass is 19.1. The van der Waals surface area contributed by atoms with Crippen molar-refractivity contribution in [2.24, 2.45) is 5.41 Å². The van der Waals surface area contributed by atoms with Gasteiger partial charge >= 0.3 is 0 Å². The molecule has 0 radical (unpaired) electrons. The summed E-state index contributed by atoms with van der Waals surface area (Å²) in [6.45, 7) is 10.4. The number of nitrogens with zero attached hydrogens (tertiary/aromatic N) is 3. The zero-order valence-corrected chi connectivity index (χ0v) is 28.4. The molecule has 0 atom stereocenters. The molecule has 2 fully saturated rings. The Morgan fingerprint density at radius 2 is 1.73 bits per heavy atom. The first-order valence-electron chi connectivity index (χ1n) is 17.2. The fourth-order valence-electron chi connectivity index (χ4n) is 7.58. The molecule has 3 aromatic carbocycles. The number of hydrogen-bond donors (Lipinski definition) is 3. The number of nitrogens with one attached hydrogen (secondary N) is 2. The largest absolute Gasteiger partial charge is 0.386 e. The lowest BCUT2D eigenvalue weighted by atomic mass is 9.71. The molecule has 3 N–H and O–H groups in total. The van der Waals surface area contributed by atoms with Crippen molar-refractivity contribution in [3.8, 4) is 11.3 Å². The molecular weight excluding hydrogens is 620 g/mol. The molecule has 0 bridgehead atoms. The van der Waals surface area contributed by atoms with E-state index in [-0.39, 0.29) is 11.3 Å². The zero-order valence-electron chi connectivity index (χ0n) is 28.4. The molecule has 1 aliphatic carbocycles. The average Bonchev–Trinajstić information content (AvgIpc) is 3.52. The summed E-state index contributed by atoms with van der Waals surface area (Å²) in [5.74, 6) is -2.05. The molecule has 7 rings (SSSR count). The first-order chi connectivity index (χ1) is 23.5. The third kappa shape index (κ3) is 6.93. The Bertz CT molecular complexity index is 1920. The number of carbonyl (C=O) groups is 1. The van der Waals surface area contributed by atoms with Crippen LogP contribution in [-0.4, -0.2) is 52.1 Å². The third-order valence-electron chi connectivity index (χ3n) is 10.8. The summed E-state index contributed by atoms with van der Waals surface area (Å²) in [7, 11) is 0. The van der Waals surface area contributed by atoms with E-state index < -0.39 is 23.1 Å². The molecule has 254 valence electrons. The van der Waals surface area contributed by atoms with Crippen LogP contribution in [0.5, 0.6) is 0 Å². The maximum Gasteiger partial charge on any atom is 0.258 e. The molecule has 1 spiro atoms. The molecule has 0 unspecified atom stereocenters. The van der Waals surface area contributed by atoms with Gasteiger partial charge in [0.05, 0.1) is 22.6 Å². The average molecular weight is 664 g/mol. The number of fused-ring (bicyclic) bond motifs is 1. The fourth-order valence-corrected chi connectivity index (χ4v) is 7.58. The van der Waals surface area contributed by atoms with Crippen LogP contribution >= 0.6 is 0 Å². The van der Waals surface area contributed by atoms with E-state index in [1.807, 2.05) is 0 Å². The second-order valence-corrected chi connectivity index (χ2v) is 14.5. The number of likely N-dealkylation sites (tertiary alicyclic amines) is 1. The van der Waals surface area contributed by atoms with E-state index in [0.717, 1.165) is 61.2 Å². The molecule has 3 heterocycles. The van der Waals surface area contributed by atoms with Gasteiger partial charge in [0.1, 0.15) is 18.0 Å². The maximum absolute atomic E-state index is 15.1. The predicted molar refractivity (Wildman–Crippen MR) is 189 cm³/mol. The van der Waals surface area contributed by atoms with Crippen molar-refractivity contribution in [2.45, 2.75) is 65.0 Å². The van der Waals surface area contributed by atoms with Crippen LogP contribution in [0.2, 0.25) is 0 Å². The summed E-state index contributed by atoms with van der Waals surface area (Å²) in [5.41, 5.74) is 6.53. The van der Waals surface area contributed by atoms with E-state index in [4.69, 9.17) is 0 Å². The first kappa shape index (κ1) is 33.2. The van der Waals surface area contributed by atoms with Crippen LogP contribution < -0.4 is 10.6 Å². The van der Waals surface area contributed by atoms with E-state index in [0.29, 0.717) is 34.2 Å². The highest BCUT2D eigenvalue weighted by Crippen LogP contribution is 2.41. The van der Waals surface area contributed by atoms with Gasteiger partial charge < -0.3 is 15.7 Å². The van der Waals surface area contributed by atoms with Gasteiger partial charge in [0.15, 0.2) is 0 Å². The summed E-state index contributed by atoms with van der Waals surface area (Å²) in [4.78, 5) is 24.8. The number of hydrogen-bond acceptors (Lipinski definition) is 6. The normalized spacial score (nSPS) is 17.6. The van der Waals surface area contributed by atoms with Crippen molar-refractivity contribution in [3.05, 3.63) is 112 Å². The van der Waals surface area contributed by atoms with Gasteiger partial charge in [0, 0.05) is 29.8 Å². The topological polar surface area (TPSA) is 90.4 Å². The Balaban J connectivity index is 1.08. The van der Waals surface area contributed by atoms with Crippen molar-refractivity contribution < 1.29 is 18.7 Å². The lowest BCUT2D eigenvalue weighted by Gasteiger charge is -2.44. The molecule has 2 aliphatic heterocycles. The number of carbonyl (C=O) groups excluding carboxylic acids is 1. The number of allylic oxidation sites excluding steroid dienone is 1. The number of piperidine rings is 2. The molecule has 3 aliphatic rings. The summed E-state index contributed by atoms with van der Waals surface area (Å²) >= 11 is 0. The molecule has 2 saturated heterocycles. The lowest BCUT2D eigenvalue weighted by molar-refractivity contribution is 0.0701. The zero-order chi connectivity index (χ0) is 34.3. The minimum absolute atomic E-state index is 0.207. The van der Waals surface area contributed by atoms with E-state index >= 15 is 4.39 Å². The summed E-state index contributed by atoms with van der Waals surface area (Å²) in [6, 6.07) is 15.4. The van der Waals surface area contributed by atoms with Crippen LogP contribution in [-0.2, 0) is 18.6 Å². The summed E-state index contributed by atoms with van der Waals surface area (Å²) < 4.78 is 30.0. The lowest BCUT2D eigenvalue weighted by Crippen LogP contribution is -2.45. The van der Waals surface area contributed by atoms with Gasteiger partial charge in [-0.1, -0.05) is 30.3 Å². The molecule has 1 amide bonds. The predicted octanol–water partition coefficient (Wildman–Crippen LogP) is 7.27. The Kier molecular flexibility index (Phi) is 8.94. The number of halogens is 2. The van der Waals surface area contributed by atoms with Crippen LogP contribution in [0.1, 0.15) is 83.4 Å². The minimum atomic E-state index is -1.26. The highest BCUT2D eigenvalue weighted by Gasteiger charge is 2.35. The van der Waals surface area contributed by atoms with Crippen LogP contribution in [0.4, 0.5) is 14.5 Å². The van der Waals surface area contributed by atoms with Crippen LogP contribution in [0.15, 0.2) is 60.9 Å². The van der Waals surface area contributed by atoms with Gasteiger partial charge in [-0.15, -0.1) is 0 Å². The third-order valence-corrected chi connectivity index (χ3v) is 10.8. The molecule has 1 aromatic heterocycles. The minimum Gasteiger partial charge on any atom is -0.386 e. The van der Waals surface area contributed by atoms with Crippen molar-refractivity contribution in [1.82, 2.24) is 20.2 Å². The quantitative estimate of drug-likeness (QED) is 0.193. The standard InChI is InChI=1S/C40H43F2N5O2/c1-25-32(21-30(41)22-35(25)46-38(48)31-9-8-29(20-34(31)42)39(2,3)49)37-33-18-28(19-36(33)44-24-45-37)27-6-4-26(5-7-27)23-47-16-12-40(13-17-47)10-14-43-15-11-40/h4-9,18,20-22,24,43,49H,10-17,19,23H2,1-3H3,(H,46,48). The number of aromatic nitrogens is 2. The maximum atomic E-state index is 15.1. The van der Waals surface area contributed by atoms with E-state index in [1.54, 1.807) is 6.92 Å². The molecule has 9 heteroatoms. The second kappa shape index (κ2) is 13.2. The van der Waals surface area contributed by atoms with Crippen LogP contribution in [0, 0.1) is 24.0 Å². The van der Waals surface area contributed by atoms with Gasteiger partial charge in [-0.25, -0.2) is 18.7 Å². The second-order valence-electron chi connectivity index (χ2n) is 14.5. The van der Waals surface area contributed by atoms with E-state index in [9.17, 15) is 14.3 Å². The number of rotatable bonds is 7. The molecule has 0 saturated carbocycles. The highest BCUT2D eigenvalue weighted by molar-refractivity contribution is 6.05. The van der Waals surface area contributed by atoms with Gasteiger partial charge in [0.2, 0.25) is 0 Å². The smallest absolute Gasteiger partial charge is 0.258 e. The van der Waals surface area contributed by atoms with Gasteiger partial charge in [-0.3, -0.25) is 9.69 Å². The number of anilines is 1. The van der Waals surface area contributed by atoms with Crippen LogP contribution in [0.3, 0.4) is 0 Å². The number of benzene rings is 3. The number of amides is 1. The van der Waals surface area contributed by atoms with E-state index in [2.05, 4.69) is 55.8 Å². The van der Waals surface area contributed by atoms with Gasteiger partial charge in [-0.2, -0.15) is 0 Å². The summed E-state index contributed by atoms with van der Waals surface area (Å²) in [6.07, 6.45) is 9.38. The Hall–Kier alpha value is -4.31. The van der Waals surface area contributed by atoms with Gasteiger partial charge in [0.25, 0.3) is 5.91 Å². The molecular formula is C40H43F2N5O2. The van der Waals surface area contributed by atoms with Gasteiger partial charge in [-0.05, 0) is 136 Å². The first-order valence-corrected chi connectivity index (χ1v) is 17.2. The van der Waals surface area contributed by atoms with Crippen molar-refractivity contribution in [2.75, 3.05) is 31.5 Å². The summed E-state index contributed by atoms with van der Waals surface area (Å²) in [5, 5.41) is 16.4. The fraction of sp³-hybridized carbons (Fsp3) is 0.375. The monoisotopic (exact) mass is 663 g/mol. The Labute approximate surface area is 286 Å². The van der Waals surface area contributed by atoms with Crippen molar-refractivity contribution in [3.63, 3.8) is 0 Å². The van der Waals surface area contributed by atoms with Crippen molar-refractivity contribution in [1.29, 1.82) is 0 Å². The molecule has 4 aromatic rings. The van der Waals surface area contributed by atoms with E-state index in [1.165, 1.54) is 75.7 Å². The Morgan fingerprint density at radius 1 is 1.00 bits per heavy atom.